The van der Waals surface area contributed by atoms with Crippen molar-refractivity contribution in [2.45, 2.75) is 0 Å². The van der Waals surface area contributed by atoms with Crippen LogP contribution in [0.15, 0.2) is 30.6 Å². The number of hydrogen-bond acceptors (Lipinski definition) is 8. The maximum Gasteiger partial charge on any atom is 0.238 e. The minimum atomic E-state index is -0.0416. The molecule has 0 atom stereocenters. The number of hydrogen-bond donors (Lipinski definition) is 1. The number of rotatable bonds is 5. The molecule has 0 aliphatic carbocycles. The van der Waals surface area contributed by atoms with Crippen molar-refractivity contribution in [1.29, 1.82) is 0 Å². The summed E-state index contributed by atoms with van der Waals surface area (Å²) in [6.07, 6.45) is 1.54. The summed E-state index contributed by atoms with van der Waals surface area (Å²) < 4.78 is 6.82. The van der Waals surface area contributed by atoms with E-state index in [0.717, 1.165) is 37.7 Å². The molecule has 0 unspecified atom stereocenters. The van der Waals surface area contributed by atoms with Crippen molar-refractivity contribution in [3.8, 4) is 5.75 Å². The van der Waals surface area contributed by atoms with Gasteiger partial charge in [0, 0.05) is 45.0 Å². The second-order valence-corrected chi connectivity index (χ2v) is 6.63. The van der Waals surface area contributed by atoms with Crippen LogP contribution in [0.25, 0.3) is 11.2 Å². The second-order valence-electron chi connectivity index (χ2n) is 6.63. The van der Waals surface area contributed by atoms with E-state index in [-0.39, 0.29) is 5.91 Å². The van der Waals surface area contributed by atoms with E-state index in [9.17, 15) is 4.79 Å². The summed E-state index contributed by atoms with van der Waals surface area (Å²) >= 11 is 0. The number of aromatic nitrogens is 5. The number of methoxy groups -OCH3 is 1. The Bertz CT molecular complexity index is 981. The van der Waals surface area contributed by atoms with Crippen LogP contribution in [0.3, 0.4) is 0 Å². The Kier molecular flexibility index (Phi) is 5.02. The molecule has 4 rings (SSSR count). The summed E-state index contributed by atoms with van der Waals surface area (Å²) in [4.78, 5) is 25.3. The number of benzene rings is 1. The molecule has 0 bridgehead atoms. The molecule has 2 aromatic heterocycles. The first kappa shape index (κ1) is 18.1. The van der Waals surface area contributed by atoms with Crippen LogP contribution in [0.2, 0.25) is 0 Å². The third-order valence-electron chi connectivity index (χ3n) is 4.76. The lowest BCUT2D eigenvalue weighted by molar-refractivity contribution is -0.117. The zero-order valence-corrected chi connectivity index (χ0v) is 15.9. The van der Waals surface area contributed by atoms with E-state index < -0.39 is 0 Å². The van der Waals surface area contributed by atoms with Crippen molar-refractivity contribution in [2.24, 2.45) is 7.05 Å². The molecule has 1 N–H and O–H groups in total. The Morgan fingerprint density at radius 2 is 2.04 bits per heavy atom. The first-order valence-electron chi connectivity index (χ1n) is 9.05. The molecule has 1 amide bonds. The fourth-order valence-corrected chi connectivity index (χ4v) is 3.29. The van der Waals surface area contributed by atoms with Gasteiger partial charge in [0.05, 0.1) is 13.7 Å². The summed E-state index contributed by atoms with van der Waals surface area (Å²) in [5.74, 6) is 1.46. The summed E-state index contributed by atoms with van der Waals surface area (Å²) in [5.41, 5.74) is 2.15. The van der Waals surface area contributed by atoms with Crippen LogP contribution in [-0.4, -0.2) is 75.6 Å². The minimum absolute atomic E-state index is 0.0416. The third kappa shape index (κ3) is 3.72. The van der Waals surface area contributed by atoms with Crippen LogP contribution in [0.1, 0.15) is 0 Å². The van der Waals surface area contributed by atoms with E-state index in [1.54, 1.807) is 17.9 Å². The molecule has 1 saturated heterocycles. The van der Waals surface area contributed by atoms with Gasteiger partial charge in [-0.3, -0.25) is 9.69 Å². The highest BCUT2D eigenvalue weighted by molar-refractivity contribution is 5.92. The molecular weight excluding hydrogens is 360 g/mol. The Hall–Kier alpha value is -3.27. The molecule has 1 aliphatic rings. The quantitative estimate of drug-likeness (QED) is 0.682. The second kappa shape index (κ2) is 7.77. The van der Waals surface area contributed by atoms with E-state index in [1.165, 1.54) is 6.33 Å². The number of ether oxygens (including phenoxy) is 1. The lowest BCUT2D eigenvalue weighted by Crippen LogP contribution is -2.49. The predicted molar refractivity (Wildman–Crippen MR) is 104 cm³/mol. The van der Waals surface area contributed by atoms with E-state index in [2.05, 4.69) is 35.4 Å². The maximum absolute atomic E-state index is 12.4. The zero-order valence-electron chi connectivity index (χ0n) is 15.9. The van der Waals surface area contributed by atoms with Crippen molar-refractivity contribution < 1.29 is 9.53 Å². The largest absolute Gasteiger partial charge is 0.497 e. The normalized spacial score (nSPS) is 15.0. The summed E-state index contributed by atoms with van der Waals surface area (Å²) in [6.45, 7) is 3.38. The van der Waals surface area contributed by atoms with Crippen molar-refractivity contribution in [1.82, 2.24) is 29.9 Å². The first-order chi connectivity index (χ1) is 13.6. The highest BCUT2D eigenvalue weighted by Gasteiger charge is 2.23. The van der Waals surface area contributed by atoms with Crippen molar-refractivity contribution in [3.63, 3.8) is 0 Å². The molecule has 3 heterocycles. The fourth-order valence-electron chi connectivity index (χ4n) is 3.29. The molecule has 28 heavy (non-hydrogen) atoms. The zero-order chi connectivity index (χ0) is 19.5. The fraction of sp³-hybridized carbons (Fsp3) is 0.389. The van der Waals surface area contributed by atoms with Crippen LogP contribution in [0.4, 0.5) is 11.5 Å². The third-order valence-corrected chi connectivity index (χ3v) is 4.76. The Morgan fingerprint density at radius 1 is 1.21 bits per heavy atom. The molecule has 1 aliphatic heterocycles. The van der Waals surface area contributed by atoms with E-state index in [0.29, 0.717) is 23.5 Å². The Labute approximate surface area is 162 Å². The highest BCUT2D eigenvalue weighted by atomic mass is 16.5. The molecule has 0 radical (unpaired) electrons. The van der Waals surface area contributed by atoms with Crippen LogP contribution in [0.5, 0.6) is 5.75 Å². The van der Waals surface area contributed by atoms with Crippen LogP contribution in [0, 0.1) is 0 Å². The lowest BCUT2D eigenvalue weighted by atomic mass is 10.2. The molecule has 10 heteroatoms. The number of carbonyl (C=O) groups excluding carboxylic acids is 1. The maximum atomic E-state index is 12.4. The predicted octanol–water partition coefficient (Wildman–Crippen LogP) is 0.528. The molecule has 1 aromatic carbocycles. The van der Waals surface area contributed by atoms with Gasteiger partial charge in [0.2, 0.25) is 5.91 Å². The van der Waals surface area contributed by atoms with Gasteiger partial charge >= 0.3 is 0 Å². The number of carbonyl (C=O) groups is 1. The monoisotopic (exact) mass is 382 g/mol. The molecular formula is C18H22N8O2. The topological polar surface area (TPSA) is 101 Å². The van der Waals surface area contributed by atoms with Gasteiger partial charge in [-0.1, -0.05) is 11.3 Å². The molecule has 0 saturated carbocycles. The number of anilines is 2. The summed E-state index contributed by atoms with van der Waals surface area (Å²) in [5, 5.41) is 11.1. The summed E-state index contributed by atoms with van der Waals surface area (Å²) in [7, 11) is 3.41. The van der Waals surface area contributed by atoms with E-state index in [1.807, 2.05) is 25.2 Å². The van der Waals surface area contributed by atoms with Gasteiger partial charge in [-0.25, -0.2) is 14.6 Å². The van der Waals surface area contributed by atoms with Gasteiger partial charge in [0.25, 0.3) is 0 Å². The highest BCUT2D eigenvalue weighted by Crippen LogP contribution is 2.21. The van der Waals surface area contributed by atoms with Gasteiger partial charge in [-0.2, -0.15) is 0 Å². The van der Waals surface area contributed by atoms with Gasteiger partial charge < -0.3 is 15.0 Å². The van der Waals surface area contributed by atoms with Gasteiger partial charge in [0.1, 0.15) is 12.1 Å². The van der Waals surface area contributed by atoms with Crippen LogP contribution < -0.4 is 15.0 Å². The smallest absolute Gasteiger partial charge is 0.238 e. The Morgan fingerprint density at radius 3 is 2.82 bits per heavy atom. The van der Waals surface area contributed by atoms with Gasteiger partial charge in [-0.05, 0) is 12.1 Å². The summed E-state index contributed by atoms with van der Waals surface area (Å²) in [6, 6.07) is 7.34. The number of fused-ring (bicyclic) bond motifs is 1. The molecule has 10 nitrogen and oxygen atoms in total. The van der Waals surface area contributed by atoms with Gasteiger partial charge in [-0.15, -0.1) is 5.10 Å². The molecule has 1 fully saturated rings. The van der Waals surface area contributed by atoms with Crippen LogP contribution in [-0.2, 0) is 11.8 Å². The number of nitrogens with one attached hydrogen (secondary N) is 1. The van der Waals surface area contributed by atoms with Crippen molar-refractivity contribution in [3.05, 3.63) is 30.6 Å². The SMILES string of the molecule is COc1cccc(NC(=O)CN2CCN(c3ncnc4c3nnn4C)CC2)c1. The lowest BCUT2D eigenvalue weighted by Gasteiger charge is -2.34. The standard InChI is InChI=1S/C18H22N8O2/c1-24-17-16(22-23-24)18(20-12-19-17)26-8-6-25(7-9-26)11-15(27)21-13-4-3-5-14(10-13)28-2/h3-5,10,12H,6-9,11H2,1-2H3,(H,21,27). The first-order valence-corrected chi connectivity index (χ1v) is 9.05. The molecule has 146 valence electrons. The van der Waals surface area contributed by atoms with Crippen molar-refractivity contribution >= 4 is 28.6 Å². The Balaban J connectivity index is 1.34. The number of nitrogens with zero attached hydrogens (tertiary/aromatic N) is 7. The average molecular weight is 382 g/mol. The molecule has 3 aromatic rings. The van der Waals surface area contributed by atoms with Crippen LogP contribution >= 0.6 is 0 Å². The van der Waals surface area contributed by atoms with Crippen molar-refractivity contribution in [2.75, 3.05) is 50.1 Å². The number of piperazine rings is 1. The van der Waals surface area contributed by atoms with E-state index >= 15 is 0 Å². The molecule has 0 spiro atoms. The van der Waals surface area contributed by atoms with Gasteiger partial charge in [0.15, 0.2) is 17.0 Å². The minimum Gasteiger partial charge on any atom is -0.497 e. The number of amides is 1. The number of aryl methyl sites for hydroxylation is 1. The average Bonchev–Trinajstić information content (AvgIpc) is 3.10. The van der Waals surface area contributed by atoms with E-state index in [4.69, 9.17) is 4.74 Å².